The fourth-order valence-electron chi connectivity index (χ4n) is 2.94. The summed E-state index contributed by atoms with van der Waals surface area (Å²) in [6.07, 6.45) is 1.93. The van der Waals surface area contributed by atoms with Crippen LogP contribution in [0.1, 0.15) is 19.4 Å². The zero-order valence-electron chi connectivity index (χ0n) is 15.0. The van der Waals surface area contributed by atoms with Gasteiger partial charge < -0.3 is 9.47 Å². The highest BCUT2D eigenvalue weighted by molar-refractivity contribution is 14.1. The van der Waals surface area contributed by atoms with Crippen molar-refractivity contribution in [3.63, 3.8) is 0 Å². The van der Waals surface area contributed by atoms with Crippen LogP contribution in [-0.4, -0.2) is 22.6 Å². The second kappa shape index (κ2) is 7.12. The molecule has 0 saturated heterocycles. The normalized spacial score (nSPS) is 12.4. The van der Waals surface area contributed by atoms with E-state index in [2.05, 4.69) is 27.6 Å². The van der Waals surface area contributed by atoms with E-state index in [1.807, 2.05) is 56.3 Å². The SMILES string of the molecule is COc1cc(/C=c2\sc3nc4ccccc4n3c2=O)cc(I)c1OC(C)C. The van der Waals surface area contributed by atoms with E-state index in [1.165, 1.54) is 11.3 Å². The van der Waals surface area contributed by atoms with Crippen LogP contribution in [0.4, 0.5) is 0 Å². The molecular formula is C20H17IN2O3S. The summed E-state index contributed by atoms with van der Waals surface area (Å²) in [4.78, 5) is 18.2. The summed E-state index contributed by atoms with van der Waals surface area (Å²) >= 11 is 3.61. The average Bonchev–Trinajstić information content (AvgIpc) is 3.13. The number of hydrogen-bond donors (Lipinski definition) is 0. The number of halogens is 1. The molecule has 0 saturated carbocycles. The molecule has 0 amide bonds. The number of rotatable bonds is 4. The van der Waals surface area contributed by atoms with Gasteiger partial charge in [0.1, 0.15) is 0 Å². The third-order valence-electron chi connectivity index (χ3n) is 4.05. The number of nitrogens with zero attached hydrogens (tertiary/aromatic N) is 2. The van der Waals surface area contributed by atoms with Gasteiger partial charge in [0.2, 0.25) is 0 Å². The molecule has 0 radical (unpaired) electrons. The minimum Gasteiger partial charge on any atom is -0.493 e. The highest BCUT2D eigenvalue weighted by Crippen LogP contribution is 2.34. The Kier molecular flexibility index (Phi) is 4.81. The Morgan fingerprint density at radius 3 is 2.78 bits per heavy atom. The summed E-state index contributed by atoms with van der Waals surface area (Å²) in [5, 5.41) is 0. The molecular weight excluding hydrogens is 475 g/mol. The van der Waals surface area contributed by atoms with Crippen molar-refractivity contribution in [2.24, 2.45) is 0 Å². The quantitative estimate of drug-likeness (QED) is 0.406. The van der Waals surface area contributed by atoms with Gasteiger partial charge in [0.05, 0.1) is 32.3 Å². The van der Waals surface area contributed by atoms with Crippen molar-refractivity contribution in [1.82, 2.24) is 9.38 Å². The van der Waals surface area contributed by atoms with E-state index in [0.29, 0.717) is 15.2 Å². The minimum absolute atomic E-state index is 0.0499. The molecule has 2 aromatic heterocycles. The van der Waals surface area contributed by atoms with Gasteiger partial charge in [0, 0.05) is 0 Å². The van der Waals surface area contributed by atoms with Crippen LogP contribution >= 0.6 is 33.9 Å². The highest BCUT2D eigenvalue weighted by atomic mass is 127. The van der Waals surface area contributed by atoms with Crippen LogP contribution in [0.3, 0.4) is 0 Å². The van der Waals surface area contributed by atoms with Crippen molar-refractivity contribution in [3.05, 3.63) is 60.4 Å². The Morgan fingerprint density at radius 2 is 2.04 bits per heavy atom. The van der Waals surface area contributed by atoms with Gasteiger partial charge in [-0.1, -0.05) is 23.5 Å². The lowest BCUT2D eigenvalue weighted by Gasteiger charge is -2.15. The number of benzene rings is 2. The molecule has 2 aromatic carbocycles. The van der Waals surface area contributed by atoms with Crippen molar-refractivity contribution in [1.29, 1.82) is 0 Å². The van der Waals surface area contributed by atoms with Crippen LogP contribution in [-0.2, 0) is 0 Å². The van der Waals surface area contributed by atoms with Crippen LogP contribution in [0.25, 0.3) is 22.1 Å². The standard InChI is InChI=1S/C20H17IN2O3S/c1-11(2)26-18-13(21)8-12(9-16(18)25-3)10-17-19(24)23-15-7-5-4-6-14(15)22-20(23)27-17/h4-11H,1-3H3/b17-10-. The second-order valence-corrected chi connectivity index (χ2v) is 8.51. The fraction of sp³-hybridized carbons (Fsp3) is 0.200. The summed E-state index contributed by atoms with van der Waals surface area (Å²) in [5.41, 5.74) is 2.50. The Morgan fingerprint density at radius 1 is 1.26 bits per heavy atom. The van der Waals surface area contributed by atoms with Crippen LogP contribution < -0.4 is 19.6 Å². The number of aromatic nitrogens is 2. The first-order valence-corrected chi connectivity index (χ1v) is 10.3. The summed E-state index contributed by atoms with van der Waals surface area (Å²) in [6.45, 7) is 3.95. The third kappa shape index (κ3) is 3.29. The molecule has 27 heavy (non-hydrogen) atoms. The molecule has 7 heteroatoms. The van der Waals surface area contributed by atoms with Gasteiger partial charge in [-0.05, 0) is 72.3 Å². The monoisotopic (exact) mass is 492 g/mol. The first-order chi connectivity index (χ1) is 13.0. The van der Waals surface area contributed by atoms with Gasteiger partial charge in [0.15, 0.2) is 16.5 Å². The maximum atomic E-state index is 12.9. The van der Waals surface area contributed by atoms with Crippen LogP contribution in [0.2, 0.25) is 0 Å². The van der Waals surface area contributed by atoms with Crippen LogP contribution in [0.15, 0.2) is 41.2 Å². The van der Waals surface area contributed by atoms with Gasteiger partial charge in [-0.15, -0.1) is 0 Å². The second-order valence-electron chi connectivity index (χ2n) is 6.34. The Labute approximate surface area is 173 Å². The number of methoxy groups -OCH3 is 1. The maximum Gasteiger partial charge on any atom is 0.274 e. The predicted molar refractivity (Wildman–Crippen MR) is 117 cm³/mol. The molecule has 0 aliphatic heterocycles. The van der Waals surface area contributed by atoms with Crippen molar-refractivity contribution in [2.45, 2.75) is 20.0 Å². The molecule has 0 spiro atoms. The van der Waals surface area contributed by atoms with E-state index in [-0.39, 0.29) is 11.7 Å². The van der Waals surface area contributed by atoms with E-state index in [0.717, 1.165) is 25.9 Å². The van der Waals surface area contributed by atoms with Crippen LogP contribution in [0, 0.1) is 3.57 Å². The predicted octanol–water partition coefficient (Wildman–Crippen LogP) is 3.86. The summed E-state index contributed by atoms with van der Waals surface area (Å²) in [6, 6.07) is 11.5. The zero-order chi connectivity index (χ0) is 19.1. The van der Waals surface area contributed by atoms with Crippen molar-refractivity contribution in [3.8, 4) is 11.5 Å². The number of fused-ring (bicyclic) bond motifs is 3. The lowest BCUT2D eigenvalue weighted by atomic mass is 10.2. The van der Waals surface area contributed by atoms with E-state index >= 15 is 0 Å². The van der Waals surface area contributed by atoms with Gasteiger partial charge >= 0.3 is 0 Å². The molecule has 0 aliphatic carbocycles. The van der Waals surface area contributed by atoms with Gasteiger partial charge in [0.25, 0.3) is 5.56 Å². The molecule has 5 nitrogen and oxygen atoms in total. The molecule has 4 aromatic rings. The summed E-state index contributed by atoms with van der Waals surface area (Å²) in [7, 11) is 1.62. The molecule has 0 bridgehead atoms. The van der Waals surface area contributed by atoms with E-state index in [9.17, 15) is 4.79 Å². The fourth-order valence-corrected chi connectivity index (χ4v) is 4.68. The number of para-hydroxylation sites is 2. The molecule has 0 aliphatic rings. The number of imidazole rings is 1. The Bertz CT molecular complexity index is 1260. The van der Waals surface area contributed by atoms with E-state index in [1.54, 1.807) is 11.5 Å². The Hall–Kier alpha value is -2.13. The number of thiazole rings is 1. The maximum absolute atomic E-state index is 12.9. The van der Waals surface area contributed by atoms with Gasteiger partial charge in [-0.2, -0.15) is 0 Å². The van der Waals surface area contributed by atoms with Gasteiger partial charge in [-0.25, -0.2) is 9.38 Å². The minimum atomic E-state index is -0.0554. The summed E-state index contributed by atoms with van der Waals surface area (Å²) in [5.74, 6) is 1.38. The molecule has 138 valence electrons. The number of ether oxygens (including phenoxy) is 2. The largest absolute Gasteiger partial charge is 0.493 e. The lowest BCUT2D eigenvalue weighted by Crippen LogP contribution is -2.22. The van der Waals surface area contributed by atoms with Crippen molar-refractivity contribution in [2.75, 3.05) is 7.11 Å². The van der Waals surface area contributed by atoms with Crippen molar-refractivity contribution < 1.29 is 9.47 Å². The Balaban J connectivity index is 1.87. The molecule has 4 rings (SSSR count). The molecule has 0 atom stereocenters. The van der Waals surface area contributed by atoms with Crippen LogP contribution in [0.5, 0.6) is 11.5 Å². The topological polar surface area (TPSA) is 52.8 Å². The average molecular weight is 492 g/mol. The third-order valence-corrected chi connectivity index (χ3v) is 5.82. The molecule has 0 N–H and O–H groups in total. The molecule has 0 unspecified atom stereocenters. The van der Waals surface area contributed by atoms with E-state index < -0.39 is 0 Å². The highest BCUT2D eigenvalue weighted by Gasteiger charge is 2.14. The number of hydrogen-bond acceptors (Lipinski definition) is 5. The first-order valence-electron chi connectivity index (χ1n) is 8.44. The first kappa shape index (κ1) is 18.2. The summed E-state index contributed by atoms with van der Waals surface area (Å²) < 4.78 is 14.6. The van der Waals surface area contributed by atoms with E-state index in [4.69, 9.17) is 9.47 Å². The zero-order valence-corrected chi connectivity index (χ0v) is 18.0. The lowest BCUT2D eigenvalue weighted by molar-refractivity contribution is 0.228. The smallest absolute Gasteiger partial charge is 0.274 e. The molecule has 2 heterocycles. The van der Waals surface area contributed by atoms with Crippen molar-refractivity contribution >= 4 is 56.0 Å². The van der Waals surface area contributed by atoms with Gasteiger partial charge in [-0.3, -0.25) is 4.79 Å². The molecule has 0 fully saturated rings.